The quantitative estimate of drug-likeness (QED) is 0.714. The lowest BCUT2D eigenvalue weighted by Crippen LogP contribution is -2.49. The molecule has 2 unspecified atom stereocenters. The van der Waals surface area contributed by atoms with Crippen LogP contribution in [0.1, 0.15) is 43.0 Å². The molecule has 2 aliphatic heterocycles. The van der Waals surface area contributed by atoms with E-state index in [1.54, 1.807) is 12.4 Å². The minimum Gasteiger partial charge on any atom is -0.340 e. The van der Waals surface area contributed by atoms with Crippen molar-refractivity contribution >= 4 is 11.8 Å². The predicted octanol–water partition coefficient (Wildman–Crippen LogP) is 1.54. The maximum Gasteiger partial charge on any atom is 0.222 e. The predicted molar refractivity (Wildman–Crippen MR) is 122 cm³/mol. The van der Waals surface area contributed by atoms with Crippen molar-refractivity contribution in [2.24, 2.45) is 5.92 Å². The van der Waals surface area contributed by atoms with E-state index in [2.05, 4.69) is 20.6 Å². The average molecular weight is 437 g/mol. The Kier molecular flexibility index (Phi) is 7.44. The lowest BCUT2D eigenvalue weighted by atomic mass is 10.00. The highest BCUT2D eigenvalue weighted by atomic mass is 16.2. The van der Waals surface area contributed by atoms with Gasteiger partial charge in [-0.15, -0.1) is 0 Å². The number of carbonyl (C=O) groups excluding carboxylic acids is 2. The van der Waals surface area contributed by atoms with Crippen LogP contribution < -0.4 is 10.6 Å². The summed E-state index contributed by atoms with van der Waals surface area (Å²) in [5.41, 5.74) is 2.19. The zero-order valence-electron chi connectivity index (χ0n) is 18.6. The normalized spacial score (nSPS) is 22.4. The summed E-state index contributed by atoms with van der Waals surface area (Å²) < 4.78 is 0. The van der Waals surface area contributed by atoms with Crippen molar-refractivity contribution in [3.8, 4) is 0 Å². The van der Waals surface area contributed by atoms with E-state index < -0.39 is 0 Å². The van der Waals surface area contributed by atoms with Gasteiger partial charge in [0.1, 0.15) is 0 Å². The molecule has 2 aromatic heterocycles. The monoisotopic (exact) mass is 436 g/mol. The third-order valence-corrected chi connectivity index (χ3v) is 6.28. The fourth-order valence-corrected chi connectivity index (χ4v) is 4.49. The molecule has 0 bridgehead atoms. The van der Waals surface area contributed by atoms with E-state index in [0.717, 1.165) is 24.2 Å². The van der Waals surface area contributed by atoms with Crippen LogP contribution in [0.15, 0.2) is 49.1 Å². The number of hydrogen-bond acceptors (Lipinski definition) is 6. The first kappa shape index (κ1) is 22.4. The van der Waals surface area contributed by atoms with Crippen LogP contribution in [-0.2, 0) is 9.59 Å². The van der Waals surface area contributed by atoms with Crippen LogP contribution in [0.2, 0.25) is 0 Å². The molecular formula is C24H32N6O2. The van der Waals surface area contributed by atoms with Crippen molar-refractivity contribution < 1.29 is 9.59 Å². The van der Waals surface area contributed by atoms with E-state index >= 15 is 0 Å². The highest BCUT2D eigenvalue weighted by Gasteiger charge is 2.28. The lowest BCUT2D eigenvalue weighted by molar-refractivity contribution is -0.135. The number of piperazine rings is 2. The first-order chi connectivity index (χ1) is 15.6. The molecule has 2 saturated heterocycles. The fraction of sp³-hybridized carbons (Fsp3) is 0.500. The van der Waals surface area contributed by atoms with Crippen molar-refractivity contribution in [1.82, 2.24) is 30.4 Å². The molecule has 0 radical (unpaired) electrons. The number of carbonyl (C=O) groups is 2. The third kappa shape index (κ3) is 5.69. The molecule has 0 aliphatic carbocycles. The molecule has 0 spiro atoms. The molecule has 8 nitrogen and oxygen atoms in total. The first-order valence-electron chi connectivity index (χ1n) is 11.4. The molecule has 2 aliphatic rings. The van der Waals surface area contributed by atoms with Crippen LogP contribution in [0.3, 0.4) is 0 Å². The summed E-state index contributed by atoms with van der Waals surface area (Å²) in [5.74, 6) is 0.247. The molecule has 170 valence electrons. The van der Waals surface area contributed by atoms with Gasteiger partial charge in [0.2, 0.25) is 11.8 Å². The average Bonchev–Trinajstić information content (AvgIpc) is 2.85. The zero-order valence-corrected chi connectivity index (χ0v) is 18.6. The largest absolute Gasteiger partial charge is 0.340 e. The molecule has 8 heteroatoms. The Labute approximate surface area is 189 Å². The second-order valence-corrected chi connectivity index (χ2v) is 8.78. The van der Waals surface area contributed by atoms with Crippen LogP contribution in [0.5, 0.6) is 0 Å². The van der Waals surface area contributed by atoms with Gasteiger partial charge in [0, 0.05) is 76.9 Å². The number of pyridine rings is 2. The molecule has 2 atom stereocenters. The van der Waals surface area contributed by atoms with Gasteiger partial charge in [-0.25, -0.2) is 0 Å². The van der Waals surface area contributed by atoms with Crippen LogP contribution in [-0.4, -0.2) is 70.9 Å². The topological polar surface area (TPSA) is 90.5 Å². The van der Waals surface area contributed by atoms with Crippen LogP contribution in [0, 0.1) is 5.92 Å². The maximum atomic E-state index is 12.9. The molecule has 2 fully saturated rings. The summed E-state index contributed by atoms with van der Waals surface area (Å²) in [6, 6.07) is 8.10. The van der Waals surface area contributed by atoms with Crippen molar-refractivity contribution in [3.05, 3.63) is 60.2 Å². The van der Waals surface area contributed by atoms with E-state index in [-0.39, 0.29) is 29.8 Å². The summed E-state index contributed by atoms with van der Waals surface area (Å²) >= 11 is 0. The molecule has 0 saturated carbocycles. The van der Waals surface area contributed by atoms with Gasteiger partial charge in [0.15, 0.2) is 0 Å². The Morgan fingerprint density at radius 1 is 0.906 bits per heavy atom. The fourth-order valence-electron chi connectivity index (χ4n) is 4.49. The summed E-state index contributed by atoms with van der Waals surface area (Å²) in [5, 5.41) is 6.92. The third-order valence-electron chi connectivity index (χ3n) is 6.28. The summed E-state index contributed by atoms with van der Waals surface area (Å²) in [7, 11) is 0. The molecule has 0 aromatic carbocycles. The minimum atomic E-state index is 0.00783. The van der Waals surface area contributed by atoms with Crippen LogP contribution in [0.25, 0.3) is 0 Å². The molecule has 4 rings (SSSR count). The number of amides is 2. The molecule has 2 aromatic rings. The highest BCUT2D eigenvalue weighted by molar-refractivity contribution is 5.79. The SMILES string of the molecule is CC(CC(=O)N1CCNC(c2cccnc2)C1)CC(=O)N1CCNC(c2cccnc2)C1. The van der Waals surface area contributed by atoms with Crippen molar-refractivity contribution in [1.29, 1.82) is 0 Å². The Hall–Kier alpha value is -2.84. The lowest BCUT2D eigenvalue weighted by Gasteiger charge is -2.35. The molecule has 4 heterocycles. The van der Waals surface area contributed by atoms with Crippen molar-refractivity contribution in [3.63, 3.8) is 0 Å². The van der Waals surface area contributed by atoms with Gasteiger partial charge in [-0.05, 0) is 29.2 Å². The highest BCUT2D eigenvalue weighted by Crippen LogP contribution is 2.21. The second-order valence-electron chi connectivity index (χ2n) is 8.78. The number of rotatable bonds is 6. The zero-order chi connectivity index (χ0) is 22.3. The van der Waals surface area contributed by atoms with Crippen molar-refractivity contribution in [2.75, 3.05) is 39.3 Å². The molecule has 32 heavy (non-hydrogen) atoms. The van der Waals surface area contributed by atoms with Crippen LogP contribution >= 0.6 is 0 Å². The van der Waals surface area contributed by atoms with Gasteiger partial charge in [-0.1, -0.05) is 19.1 Å². The van der Waals surface area contributed by atoms with E-state index in [0.29, 0.717) is 39.0 Å². The van der Waals surface area contributed by atoms with E-state index in [9.17, 15) is 9.59 Å². The molecular weight excluding hydrogens is 404 g/mol. The van der Waals surface area contributed by atoms with Gasteiger partial charge in [0.25, 0.3) is 0 Å². The standard InChI is InChI=1S/C24H32N6O2/c1-18(12-23(31)29-10-8-27-21(16-29)19-4-2-6-25-14-19)13-24(32)30-11-9-28-22(17-30)20-5-3-7-26-15-20/h2-7,14-15,18,21-22,27-28H,8-13,16-17H2,1H3. The molecule has 2 amide bonds. The summed E-state index contributed by atoms with van der Waals surface area (Å²) in [6.45, 7) is 6.18. The van der Waals surface area contributed by atoms with Gasteiger partial charge in [0.05, 0.1) is 12.1 Å². The van der Waals surface area contributed by atoms with E-state index in [4.69, 9.17) is 0 Å². The molecule has 2 N–H and O–H groups in total. The Balaban J connectivity index is 1.27. The smallest absolute Gasteiger partial charge is 0.222 e. The second kappa shape index (κ2) is 10.7. The van der Waals surface area contributed by atoms with E-state index in [1.807, 2.05) is 53.4 Å². The van der Waals surface area contributed by atoms with Gasteiger partial charge in [-0.2, -0.15) is 0 Å². The number of aromatic nitrogens is 2. The van der Waals surface area contributed by atoms with Gasteiger partial charge < -0.3 is 20.4 Å². The van der Waals surface area contributed by atoms with Gasteiger partial charge >= 0.3 is 0 Å². The first-order valence-corrected chi connectivity index (χ1v) is 11.4. The number of hydrogen-bond donors (Lipinski definition) is 2. The Bertz CT molecular complexity index is 820. The number of nitrogens with one attached hydrogen (secondary N) is 2. The summed E-state index contributed by atoms with van der Waals surface area (Å²) in [6.07, 6.45) is 7.99. The minimum absolute atomic E-state index is 0.00783. The Morgan fingerprint density at radius 2 is 1.38 bits per heavy atom. The summed E-state index contributed by atoms with van der Waals surface area (Å²) in [4.78, 5) is 38.0. The van der Waals surface area contributed by atoms with Gasteiger partial charge in [-0.3, -0.25) is 19.6 Å². The number of nitrogens with zero attached hydrogens (tertiary/aromatic N) is 4. The Morgan fingerprint density at radius 3 is 1.78 bits per heavy atom. The van der Waals surface area contributed by atoms with E-state index in [1.165, 1.54) is 0 Å². The van der Waals surface area contributed by atoms with Crippen molar-refractivity contribution in [2.45, 2.75) is 31.8 Å². The maximum absolute atomic E-state index is 12.9. The van der Waals surface area contributed by atoms with Crippen LogP contribution in [0.4, 0.5) is 0 Å².